The van der Waals surface area contributed by atoms with Crippen molar-refractivity contribution in [2.75, 3.05) is 13.7 Å². The predicted molar refractivity (Wildman–Crippen MR) is 94.4 cm³/mol. The van der Waals surface area contributed by atoms with Gasteiger partial charge in [0.25, 0.3) is 0 Å². The minimum absolute atomic E-state index is 0.0256. The quantitative estimate of drug-likeness (QED) is 0.820. The number of ketones is 1. The molecule has 0 aliphatic rings. The molecule has 5 heteroatoms. The highest BCUT2D eigenvalue weighted by Crippen LogP contribution is 2.30. The maximum Gasteiger partial charge on any atom is 0.408 e. The monoisotopic (exact) mass is 335 g/mol. The number of Topliss-reactive ketones (excluding diaryl/α,β-unsaturated/α-hetero) is 1. The molecule has 0 heterocycles. The normalized spacial score (nSPS) is 12.6. The van der Waals surface area contributed by atoms with E-state index in [0.717, 1.165) is 11.3 Å². The summed E-state index contributed by atoms with van der Waals surface area (Å²) in [5.74, 6) is 1.12. The van der Waals surface area contributed by atoms with Crippen LogP contribution in [-0.4, -0.2) is 31.1 Å². The zero-order valence-corrected chi connectivity index (χ0v) is 15.5. The van der Waals surface area contributed by atoms with Crippen LogP contribution >= 0.6 is 0 Å². The lowest BCUT2D eigenvalue weighted by atomic mass is 9.84. The molecule has 1 N–H and O–H groups in total. The molecule has 1 aromatic rings. The Morgan fingerprint density at radius 3 is 2.42 bits per heavy atom. The number of methoxy groups -OCH3 is 1. The van der Waals surface area contributed by atoms with Gasteiger partial charge in [0.15, 0.2) is 5.78 Å². The Labute approximate surface area is 144 Å². The van der Waals surface area contributed by atoms with Gasteiger partial charge < -0.3 is 14.8 Å². The van der Waals surface area contributed by atoms with E-state index in [9.17, 15) is 9.59 Å². The number of hydrogen-bond donors (Lipinski definition) is 1. The molecule has 0 fully saturated rings. The number of ether oxygens (including phenoxy) is 2. The van der Waals surface area contributed by atoms with Crippen molar-refractivity contribution in [3.63, 3.8) is 0 Å². The molecule has 0 aliphatic carbocycles. The van der Waals surface area contributed by atoms with Crippen molar-refractivity contribution >= 4 is 11.9 Å². The molecule has 0 aliphatic heterocycles. The summed E-state index contributed by atoms with van der Waals surface area (Å²) in [7, 11) is 1.62. The highest BCUT2D eigenvalue weighted by molar-refractivity contribution is 5.84. The van der Waals surface area contributed by atoms with Gasteiger partial charge in [-0.3, -0.25) is 4.79 Å². The summed E-state index contributed by atoms with van der Waals surface area (Å²) < 4.78 is 10.4. The first-order chi connectivity index (χ1) is 11.1. The van der Waals surface area contributed by atoms with E-state index in [0.29, 0.717) is 12.3 Å². The highest BCUT2D eigenvalue weighted by atomic mass is 16.6. The largest absolute Gasteiger partial charge is 0.497 e. The Morgan fingerprint density at radius 2 is 1.88 bits per heavy atom. The molecule has 1 aromatic carbocycles. The van der Waals surface area contributed by atoms with Crippen LogP contribution in [0.1, 0.15) is 52.5 Å². The number of benzene rings is 1. The molecule has 1 amide bonds. The lowest BCUT2D eigenvalue weighted by molar-refractivity contribution is -0.118. The highest BCUT2D eigenvalue weighted by Gasteiger charge is 2.21. The lowest BCUT2D eigenvalue weighted by Gasteiger charge is -2.22. The first kappa shape index (κ1) is 20.0. The molecule has 0 saturated heterocycles. The van der Waals surface area contributed by atoms with E-state index in [2.05, 4.69) is 19.2 Å². The molecular formula is C19H29NO4. The van der Waals surface area contributed by atoms with Gasteiger partial charge in [-0.2, -0.15) is 0 Å². The van der Waals surface area contributed by atoms with Crippen LogP contribution in [0.5, 0.6) is 5.75 Å². The summed E-state index contributed by atoms with van der Waals surface area (Å²) in [6.45, 7) is 9.49. The number of nitrogens with one attached hydrogen (secondary N) is 1. The maximum atomic E-state index is 12.3. The van der Waals surface area contributed by atoms with Crippen LogP contribution < -0.4 is 10.1 Å². The van der Waals surface area contributed by atoms with Crippen molar-refractivity contribution < 1.29 is 19.1 Å². The molecule has 0 saturated carbocycles. The fourth-order valence-electron chi connectivity index (χ4n) is 2.41. The minimum atomic E-state index is -0.575. The van der Waals surface area contributed by atoms with Crippen molar-refractivity contribution in [3.8, 4) is 5.75 Å². The summed E-state index contributed by atoms with van der Waals surface area (Å²) in [6.07, 6.45) is -0.209. The molecule has 0 unspecified atom stereocenters. The smallest absolute Gasteiger partial charge is 0.408 e. The van der Waals surface area contributed by atoms with Gasteiger partial charge >= 0.3 is 6.09 Å². The molecule has 1 atom stereocenters. The third-order valence-corrected chi connectivity index (χ3v) is 3.60. The Bertz CT molecular complexity index is 561. The van der Waals surface area contributed by atoms with Crippen LogP contribution in [-0.2, 0) is 9.53 Å². The summed E-state index contributed by atoms with van der Waals surface area (Å²) >= 11 is 0. The first-order valence-electron chi connectivity index (χ1n) is 8.25. The maximum absolute atomic E-state index is 12.3. The number of hydrogen-bond acceptors (Lipinski definition) is 4. The summed E-state index contributed by atoms with van der Waals surface area (Å²) in [5.41, 5.74) is 0.490. The van der Waals surface area contributed by atoms with E-state index < -0.39 is 11.7 Å². The van der Waals surface area contributed by atoms with Gasteiger partial charge in [0.2, 0.25) is 0 Å². The number of carbonyl (C=O) groups excluding carboxylic acids is 2. The van der Waals surface area contributed by atoms with Gasteiger partial charge in [-0.1, -0.05) is 26.0 Å². The Balaban J connectivity index is 2.65. The van der Waals surface area contributed by atoms with Gasteiger partial charge in [0.05, 0.1) is 13.7 Å². The Hall–Kier alpha value is -2.04. The molecule has 24 heavy (non-hydrogen) atoms. The predicted octanol–water partition coefficient (Wildman–Crippen LogP) is 3.92. The van der Waals surface area contributed by atoms with Gasteiger partial charge in [-0.05, 0) is 50.3 Å². The molecule has 5 nitrogen and oxygen atoms in total. The fourth-order valence-corrected chi connectivity index (χ4v) is 2.41. The van der Waals surface area contributed by atoms with Crippen LogP contribution in [0.4, 0.5) is 4.79 Å². The fraction of sp³-hybridized carbons (Fsp3) is 0.579. The van der Waals surface area contributed by atoms with Gasteiger partial charge in [-0.25, -0.2) is 4.79 Å². The minimum Gasteiger partial charge on any atom is -0.497 e. The number of alkyl carbamates (subject to hydrolysis) is 1. The second-order valence-electron chi connectivity index (χ2n) is 7.23. The standard InChI is InChI=1S/C19H29NO4/c1-13(2)17(14-8-7-9-16(10-14)23-6)11-15(21)12-20-18(22)24-19(3,4)5/h7-10,13,17H,11-12H2,1-6H3,(H,20,22)/t17-/m1/s1. The second kappa shape index (κ2) is 8.71. The summed E-state index contributed by atoms with van der Waals surface area (Å²) in [4.78, 5) is 23.9. The Morgan fingerprint density at radius 1 is 1.21 bits per heavy atom. The first-order valence-corrected chi connectivity index (χ1v) is 8.25. The summed E-state index contributed by atoms with van der Waals surface area (Å²) in [6, 6.07) is 7.76. The SMILES string of the molecule is COc1cccc([C@H](CC(=O)CNC(=O)OC(C)(C)C)C(C)C)c1. The number of carbonyl (C=O) groups is 2. The van der Waals surface area contributed by atoms with E-state index in [4.69, 9.17) is 9.47 Å². The molecule has 134 valence electrons. The lowest BCUT2D eigenvalue weighted by Crippen LogP contribution is -2.35. The van der Waals surface area contributed by atoms with Crippen molar-refractivity contribution in [3.05, 3.63) is 29.8 Å². The average Bonchev–Trinajstić information content (AvgIpc) is 2.48. The molecule has 0 bridgehead atoms. The zero-order chi connectivity index (χ0) is 18.3. The second-order valence-corrected chi connectivity index (χ2v) is 7.23. The van der Waals surface area contributed by atoms with Gasteiger partial charge in [0, 0.05) is 6.42 Å². The van der Waals surface area contributed by atoms with Crippen molar-refractivity contribution in [1.82, 2.24) is 5.32 Å². The van der Waals surface area contributed by atoms with Crippen LogP contribution in [0.3, 0.4) is 0 Å². The van der Waals surface area contributed by atoms with E-state index >= 15 is 0 Å². The van der Waals surface area contributed by atoms with Gasteiger partial charge in [-0.15, -0.1) is 0 Å². The topological polar surface area (TPSA) is 64.6 Å². The number of rotatable bonds is 7. The molecule has 1 rings (SSSR count). The van der Waals surface area contributed by atoms with E-state index in [1.807, 2.05) is 24.3 Å². The van der Waals surface area contributed by atoms with E-state index in [1.165, 1.54) is 0 Å². The zero-order valence-electron chi connectivity index (χ0n) is 15.5. The van der Waals surface area contributed by atoms with Crippen molar-refractivity contribution in [2.45, 2.75) is 52.6 Å². The van der Waals surface area contributed by atoms with Crippen LogP contribution in [0.15, 0.2) is 24.3 Å². The van der Waals surface area contributed by atoms with Crippen LogP contribution in [0, 0.1) is 5.92 Å². The third kappa shape index (κ3) is 7.02. The molecule has 0 aromatic heterocycles. The van der Waals surface area contributed by atoms with Crippen molar-refractivity contribution in [1.29, 1.82) is 0 Å². The van der Waals surface area contributed by atoms with E-state index in [-0.39, 0.29) is 18.2 Å². The average molecular weight is 335 g/mol. The third-order valence-electron chi connectivity index (χ3n) is 3.60. The molecule has 0 radical (unpaired) electrons. The summed E-state index contributed by atoms with van der Waals surface area (Å²) in [5, 5.41) is 2.52. The van der Waals surface area contributed by atoms with Crippen LogP contribution in [0.2, 0.25) is 0 Å². The van der Waals surface area contributed by atoms with Crippen molar-refractivity contribution in [2.24, 2.45) is 5.92 Å². The van der Waals surface area contributed by atoms with Gasteiger partial charge in [0.1, 0.15) is 11.4 Å². The van der Waals surface area contributed by atoms with Crippen LogP contribution in [0.25, 0.3) is 0 Å². The number of amides is 1. The molecule has 0 spiro atoms. The Kier molecular flexibility index (Phi) is 7.26. The molecular weight excluding hydrogens is 306 g/mol. The van der Waals surface area contributed by atoms with E-state index in [1.54, 1.807) is 27.9 Å².